The van der Waals surface area contributed by atoms with Crippen molar-refractivity contribution >= 4 is 21.6 Å². The summed E-state index contributed by atoms with van der Waals surface area (Å²) in [5.41, 5.74) is 1.28. The Morgan fingerprint density at radius 2 is 2.32 bits per heavy atom. The van der Waals surface area contributed by atoms with Crippen molar-refractivity contribution in [2.24, 2.45) is 5.92 Å². The minimum atomic E-state index is 0.771. The second-order valence-electron chi connectivity index (χ2n) is 5.12. The van der Waals surface area contributed by atoms with Crippen molar-refractivity contribution in [3.63, 3.8) is 0 Å². The average Bonchev–Trinajstić information content (AvgIpc) is 2.88. The molecule has 0 aromatic heterocycles. The summed E-state index contributed by atoms with van der Waals surface area (Å²) in [4.78, 5) is 2.46. The quantitative estimate of drug-likeness (QED) is 0.812. The Kier molecular flexibility index (Phi) is 5.52. The first-order valence-corrected chi connectivity index (χ1v) is 7.83. The third kappa shape index (κ3) is 3.86. The summed E-state index contributed by atoms with van der Waals surface area (Å²) < 4.78 is 6.30. The molecule has 4 heteroatoms. The van der Waals surface area contributed by atoms with E-state index in [1.54, 1.807) is 7.11 Å². The summed E-state index contributed by atoms with van der Waals surface area (Å²) in [6, 6.07) is 6.33. The van der Waals surface area contributed by atoms with Gasteiger partial charge in [0, 0.05) is 18.8 Å². The number of halogens is 1. The van der Waals surface area contributed by atoms with Crippen LogP contribution in [0.4, 0.5) is 5.69 Å². The molecule has 1 aromatic carbocycles. The molecule has 0 saturated carbocycles. The Labute approximate surface area is 124 Å². The molecule has 0 aliphatic carbocycles. The molecule has 1 aliphatic rings. The topological polar surface area (TPSA) is 24.5 Å². The monoisotopic (exact) mass is 326 g/mol. The molecule has 0 radical (unpaired) electrons. The first kappa shape index (κ1) is 14.7. The maximum atomic E-state index is 5.27. The van der Waals surface area contributed by atoms with Crippen molar-refractivity contribution < 1.29 is 4.74 Å². The summed E-state index contributed by atoms with van der Waals surface area (Å²) in [5.74, 6) is 1.66. The van der Waals surface area contributed by atoms with Crippen molar-refractivity contribution in [2.45, 2.75) is 19.8 Å². The largest absolute Gasteiger partial charge is 0.496 e. The van der Waals surface area contributed by atoms with Crippen LogP contribution in [0.5, 0.6) is 5.75 Å². The molecule has 3 nitrogen and oxygen atoms in total. The Morgan fingerprint density at radius 1 is 1.47 bits per heavy atom. The number of anilines is 1. The molecule has 106 valence electrons. The highest BCUT2D eigenvalue weighted by atomic mass is 79.9. The van der Waals surface area contributed by atoms with Gasteiger partial charge < -0.3 is 15.0 Å². The van der Waals surface area contributed by atoms with Crippen LogP contribution >= 0.6 is 15.9 Å². The number of hydrogen-bond acceptors (Lipinski definition) is 3. The van der Waals surface area contributed by atoms with E-state index in [-0.39, 0.29) is 0 Å². The van der Waals surface area contributed by atoms with Gasteiger partial charge in [0.25, 0.3) is 0 Å². The predicted molar refractivity (Wildman–Crippen MR) is 84.2 cm³/mol. The van der Waals surface area contributed by atoms with Crippen LogP contribution in [0, 0.1) is 5.92 Å². The molecule has 0 bridgehead atoms. The van der Waals surface area contributed by atoms with Crippen molar-refractivity contribution in [3.05, 3.63) is 22.7 Å². The Morgan fingerprint density at radius 3 is 3.00 bits per heavy atom. The van der Waals surface area contributed by atoms with E-state index in [2.05, 4.69) is 45.2 Å². The summed E-state index contributed by atoms with van der Waals surface area (Å²) in [5, 5.41) is 3.52. The summed E-state index contributed by atoms with van der Waals surface area (Å²) >= 11 is 3.56. The van der Waals surface area contributed by atoms with Gasteiger partial charge in [0.2, 0.25) is 0 Å². The summed E-state index contributed by atoms with van der Waals surface area (Å²) in [6.07, 6.45) is 2.49. The maximum absolute atomic E-state index is 5.27. The van der Waals surface area contributed by atoms with Gasteiger partial charge in [-0.1, -0.05) is 6.92 Å². The molecular weight excluding hydrogens is 304 g/mol. The van der Waals surface area contributed by atoms with Crippen LogP contribution in [-0.4, -0.2) is 33.3 Å². The third-order valence-corrected chi connectivity index (χ3v) is 4.27. The van der Waals surface area contributed by atoms with Crippen LogP contribution in [0.15, 0.2) is 22.7 Å². The molecule has 1 aliphatic heterocycles. The van der Waals surface area contributed by atoms with Gasteiger partial charge in [0.05, 0.1) is 11.6 Å². The van der Waals surface area contributed by atoms with Gasteiger partial charge in [-0.3, -0.25) is 0 Å². The number of methoxy groups -OCH3 is 1. The maximum Gasteiger partial charge on any atom is 0.133 e. The Bertz CT molecular complexity index is 411. The minimum Gasteiger partial charge on any atom is -0.496 e. The molecule has 1 fully saturated rings. The predicted octanol–water partition coefficient (Wildman–Crippen LogP) is 3.28. The molecular formula is C15H23BrN2O. The smallest absolute Gasteiger partial charge is 0.133 e. The number of rotatable bonds is 6. The second kappa shape index (κ2) is 7.15. The van der Waals surface area contributed by atoms with E-state index in [0.717, 1.165) is 42.3 Å². The average molecular weight is 327 g/mol. The summed E-state index contributed by atoms with van der Waals surface area (Å²) in [7, 11) is 1.70. The number of hydrogen-bond donors (Lipinski definition) is 1. The first-order chi connectivity index (χ1) is 9.24. The lowest BCUT2D eigenvalue weighted by molar-refractivity contribution is 0.412. The SMILES string of the molecule is CCCNCC1CCN(c2ccc(OC)c(Br)c2)C1. The van der Waals surface area contributed by atoms with Crippen LogP contribution in [0.1, 0.15) is 19.8 Å². The fourth-order valence-corrected chi connectivity index (χ4v) is 3.10. The van der Waals surface area contributed by atoms with Gasteiger partial charge >= 0.3 is 0 Å². The van der Waals surface area contributed by atoms with E-state index in [4.69, 9.17) is 4.74 Å². The van der Waals surface area contributed by atoms with E-state index < -0.39 is 0 Å². The Balaban J connectivity index is 1.91. The fraction of sp³-hybridized carbons (Fsp3) is 0.600. The lowest BCUT2D eigenvalue weighted by Gasteiger charge is -2.20. The van der Waals surface area contributed by atoms with Gasteiger partial charge in [0.1, 0.15) is 5.75 Å². The van der Waals surface area contributed by atoms with Crippen molar-refractivity contribution in [1.82, 2.24) is 5.32 Å². The molecule has 1 N–H and O–H groups in total. The van der Waals surface area contributed by atoms with Gasteiger partial charge in [-0.15, -0.1) is 0 Å². The van der Waals surface area contributed by atoms with E-state index in [1.807, 2.05) is 6.07 Å². The molecule has 19 heavy (non-hydrogen) atoms. The highest BCUT2D eigenvalue weighted by Gasteiger charge is 2.22. The number of benzene rings is 1. The van der Waals surface area contributed by atoms with E-state index in [1.165, 1.54) is 18.5 Å². The number of ether oxygens (including phenoxy) is 1. The zero-order chi connectivity index (χ0) is 13.7. The normalized spacial score (nSPS) is 18.9. The van der Waals surface area contributed by atoms with Crippen LogP contribution in [0.25, 0.3) is 0 Å². The van der Waals surface area contributed by atoms with Crippen molar-refractivity contribution in [3.8, 4) is 5.75 Å². The van der Waals surface area contributed by atoms with Crippen LogP contribution in [0.3, 0.4) is 0 Å². The lowest BCUT2D eigenvalue weighted by atomic mass is 10.1. The van der Waals surface area contributed by atoms with Crippen LogP contribution < -0.4 is 15.0 Å². The van der Waals surface area contributed by atoms with Crippen LogP contribution in [-0.2, 0) is 0 Å². The zero-order valence-corrected chi connectivity index (χ0v) is 13.4. The van der Waals surface area contributed by atoms with Gasteiger partial charge in [0.15, 0.2) is 0 Å². The molecule has 2 rings (SSSR count). The van der Waals surface area contributed by atoms with Crippen molar-refractivity contribution in [1.29, 1.82) is 0 Å². The molecule has 1 atom stereocenters. The van der Waals surface area contributed by atoms with Crippen molar-refractivity contribution in [2.75, 3.05) is 38.2 Å². The number of nitrogens with one attached hydrogen (secondary N) is 1. The van der Waals surface area contributed by atoms with E-state index >= 15 is 0 Å². The highest BCUT2D eigenvalue weighted by molar-refractivity contribution is 9.10. The number of nitrogens with zero attached hydrogens (tertiary/aromatic N) is 1. The standard InChI is InChI=1S/C15H23BrN2O/c1-3-7-17-10-12-6-8-18(11-12)13-4-5-15(19-2)14(16)9-13/h4-5,9,12,17H,3,6-8,10-11H2,1-2H3. The molecule has 1 aromatic rings. The fourth-order valence-electron chi connectivity index (χ4n) is 2.57. The summed E-state index contributed by atoms with van der Waals surface area (Å²) in [6.45, 7) is 6.78. The Hall–Kier alpha value is -0.740. The van der Waals surface area contributed by atoms with Gasteiger partial charge in [-0.25, -0.2) is 0 Å². The zero-order valence-electron chi connectivity index (χ0n) is 11.8. The third-order valence-electron chi connectivity index (χ3n) is 3.65. The molecule has 1 saturated heterocycles. The molecule has 0 spiro atoms. The minimum absolute atomic E-state index is 0.771. The molecule has 1 heterocycles. The van der Waals surface area contributed by atoms with Gasteiger partial charge in [-0.2, -0.15) is 0 Å². The van der Waals surface area contributed by atoms with E-state index in [0.29, 0.717) is 0 Å². The van der Waals surface area contributed by atoms with Crippen LogP contribution in [0.2, 0.25) is 0 Å². The first-order valence-electron chi connectivity index (χ1n) is 7.03. The van der Waals surface area contributed by atoms with E-state index in [9.17, 15) is 0 Å². The molecule has 0 amide bonds. The molecule has 1 unspecified atom stereocenters. The second-order valence-corrected chi connectivity index (χ2v) is 5.98. The highest BCUT2D eigenvalue weighted by Crippen LogP contribution is 2.31. The van der Waals surface area contributed by atoms with Gasteiger partial charge in [-0.05, 0) is 66.0 Å². The lowest BCUT2D eigenvalue weighted by Crippen LogP contribution is -2.26.